The molecule has 0 spiro atoms. The fraction of sp³-hybridized carbons (Fsp3) is 0.400. The third-order valence-corrected chi connectivity index (χ3v) is 7.30. The SMILES string of the molecule is CCn1c(SCc2ccc(Cl)cc2)nnc1-c1csc2c1CC[C@@H](C)C2. The maximum atomic E-state index is 5.97. The number of hydrogen-bond donors (Lipinski definition) is 0. The van der Waals surface area contributed by atoms with Gasteiger partial charge >= 0.3 is 0 Å². The van der Waals surface area contributed by atoms with Crippen molar-refractivity contribution < 1.29 is 0 Å². The van der Waals surface area contributed by atoms with Gasteiger partial charge in [0.15, 0.2) is 11.0 Å². The number of halogens is 1. The molecule has 0 radical (unpaired) electrons. The molecule has 0 saturated heterocycles. The second-order valence-electron chi connectivity index (χ2n) is 6.86. The van der Waals surface area contributed by atoms with Gasteiger partial charge < -0.3 is 4.57 Å². The molecule has 1 atom stereocenters. The van der Waals surface area contributed by atoms with Crippen LogP contribution in [-0.4, -0.2) is 14.8 Å². The summed E-state index contributed by atoms with van der Waals surface area (Å²) in [6.45, 7) is 5.40. The Hall–Kier alpha value is -1.30. The van der Waals surface area contributed by atoms with Crippen molar-refractivity contribution in [2.24, 2.45) is 5.92 Å². The van der Waals surface area contributed by atoms with Gasteiger partial charge in [-0.25, -0.2) is 0 Å². The number of benzene rings is 1. The van der Waals surface area contributed by atoms with Gasteiger partial charge in [0.25, 0.3) is 0 Å². The summed E-state index contributed by atoms with van der Waals surface area (Å²) in [6, 6.07) is 8.01. The molecule has 4 rings (SSSR count). The van der Waals surface area contributed by atoms with Crippen LogP contribution in [0.25, 0.3) is 11.4 Å². The van der Waals surface area contributed by atoms with Crippen LogP contribution in [0.4, 0.5) is 0 Å². The normalized spacial score (nSPS) is 16.7. The predicted molar refractivity (Wildman–Crippen MR) is 111 cm³/mol. The zero-order chi connectivity index (χ0) is 18.1. The summed E-state index contributed by atoms with van der Waals surface area (Å²) in [4.78, 5) is 1.54. The van der Waals surface area contributed by atoms with Crippen LogP contribution in [0.2, 0.25) is 5.02 Å². The van der Waals surface area contributed by atoms with E-state index in [1.807, 2.05) is 23.5 Å². The lowest BCUT2D eigenvalue weighted by atomic mass is 9.88. The molecule has 6 heteroatoms. The second-order valence-corrected chi connectivity index (χ2v) is 9.21. The van der Waals surface area contributed by atoms with E-state index in [9.17, 15) is 0 Å². The molecule has 0 aliphatic heterocycles. The fourth-order valence-corrected chi connectivity index (χ4v) is 5.80. The van der Waals surface area contributed by atoms with Gasteiger partial charge in [0.2, 0.25) is 0 Å². The molecule has 3 nitrogen and oxygen atoms in total. The molecule has 2 aromatic heterocycles. The van der Waals surface area contributed by atoms with Gasteiger partial charge in [-0.2, -0.15) is 0 Å². The Morgan fingerprint density at radius 3 is 2.85 bits per heavy atom. The van der Waals surface area contributed by atoms with Crippen LogP contribution in [-0.2, 0) is 25.1 Å². The molecule has 1 aliphatic rings. The highest BCUT2D eigenvalue weighted by Crippen LogP contribution is 2.38. The van der Waals surface area contributed by atoms with E-state index in [0.29, 0.717) is 0 Å². The molecule has 136 valence electrons. The van der Waals surface area contributed by atoms with Crippen molar-refractivity contribution in [3.05, 3.63) is 50.7 Å². The number of nitrogens with zero attached hydrogens (tertiary/aromatic N) is 3. The van der Waals surface area contributed by atoms with E-state index >= 15 is 0 Å². The number of aromatic nitrogens is 3. The van der Waals surface area contributed by atoms with Crippen molar-refractivity contribution in [3.8, 4) is 11.4 Å². The Morgan fingerprint density at radius 1 is 1.27 bits per heavy atom. The van der Waals surface area contributed by atoms with Crippen molar-refractivity contribution in [2.75, 3.05) is 0 Å². The van der Waals surface area contributed by atoms with Crippen molar-refractivity contribution in [1.82, 2.24) is 14.8 Å². The van der Waals surface area contributed by atoms with Gasteiger partial charge in [-0.1, -0.05) is 42.4 Å². The van der Waals surface area contributed by atoms with E-state index in [1.54, 1.807) is 16.6 Å². The molecule has 26 heavy (non-hydrogen) atoms. The zero-order valence-electron chi connectivity index (χ0n) is 15.0. The Kier molecular flexibility index (Phi) is 5.39. The molecule has 1 aliphatic carbocycles. The summed E-state index contributed by atoms with van der Waals surface area (Å²) in [6.07, 6.45) is 3.65. The highest BCUT2D eigenvalue weighted by atomic mass is 35.5. The maximum absolute atomic E-state index is 5.97. The minimum atomic E-state index is 0.773. The van der Waals surface area contributed by atoms with Gasteiger partial charge in [-0.15, -0.1) is 21.5 Å². The van der Waals surface area contributed by atoms with Crippen LogP contribution in [0.3, 0.4) is 0 Å². The second kappa shape index (κ2) is 7.75. The van der Waals surface area contributed by atoms with E-state index in [-0.39, 0.29) is 0 Å². The van der Waals surface area contributed by atoms with Crippen molar-refractivity contribution >= 4 is 34.7 Å². The Balaban J connectivity index is 1.58. The lowest BCUT2D eigenvalue weighted by Gasteiger charge is -2.19. The number of hydrogen-bond acceptors (Lipinski definition) is 4. The third kappa shape index (κ3) is 3.57. The highest BCUT2D eigenvalue weighted by molar-refractivity contribution is 7.98. The van der Waals surface area contributed by atoms with Crippen molar-refractivity contribution in [2.45, 2.75) is 50.6 Å². The lowest BCUT2D eigenvalue weighted by Crippen LogP contribution is -2.10. The van der Waals surface area contributed by atoms with Gasteiger partial charge in [-0.3, -0.25) is 0 Å². The van der Waals surface area contributed by atoms with Crippen LogP contribution in [0.5, 0.6) is 0 Å². The van der Waals surface area contributed by atoms with E-state index in [0.717, 1.165) is 34.2 Å². The first-order valence-electron chi connectivity index (χ1n) is 9.05. The lowest BCUT2D eigenvalue weighted by molar-refractivity contribution is 0.508. The zero-order valence-corrected chi connectivity index (χ0v) is 17.4. The number of thioether (sulfide) groups is 1. The first-order chi connectivity index (χ1) is 12.7. The average Bonchev–Trinajstić information content (AvgIpc) is 3.23. The standard InChI is InChI=1S/C20H22ClN3S2/c1-3-24-19(17-12-25-18-10-13(2)4-9-16(17)18)22-23-20(24)26-11-14-5-7-15(21)8-6-14/h5-8,12-13H,3-4,9-11H2,1-2H3/t13-/m1/s1. The van der Waals surface area contributed by atoms with Crippen molar-refractivity contribution in [3.63, 3.8) is 0 Å². The smallest absolute Gasteiger partial charge is 0.191 e. The summed E-state index contributed by atoms with van der Waals surface area (Å²) >= 11 is 9.60. The van der Waals surface area contributed by atoms with Gasteiger partial charge in [0, 0.05) is 33.1 Å². The van der Waals surface area contributed by atoms with Crippen LogP contribution < -0.4 is 0 Å². The highest BCUT2D eigenvalue weighted by Gasteiger charge is 2.24. The third-order valence-electron chi connectivity index (χ3n) is 4.96. The van der Waals surface area contributed by atoms with Crippen LogP contribution >= 0.6 is 34.7 Å². The molecule has 2 heterocycles. The maximum Gasteiger partial charge on any atom is 0.191 e. The Morgan fingerprint density at radius 2 is 2.08 bits per heavy atom. The first-order valence-corrected chi connectivity index (χ1v) is 11.3. The number of thiophene rings is 1. The molecule has 0 fully saturated rings. The van der Waals surface area contributed by atoms with Gasteiger partial charge in [0.05, 0.1) is 0 Å². The summed E-state index contributed by atoms with van der Waals surface area (Å²) in [7, 11) is 0. The molecule has 0 unspecified atom stereocenters. The summed E-state index contributed by atoms with van der Waals surface area (Å²) in [5.41, 5.74) is 4.04. The van der Waals surface area contributed by atoms with Gasteiger partial charge in [0.1, 0.15) is 0 Å². The molecule has 0 bridgehead atoms. The quantitative estimate of drug-likeness (QED) is 0.482. The van der Waals surface area contributed by atoms with Crippen LogP contribution in [0, 0.1) is 5.92 Å². The van der Waals surface area contributed by atoms with E-state index in [4.69, 9.17) is 11.6 Å². The fourth-order valence-electron chi connectivity index (χ4n) is 3.47. The Bertz CT molecular complexity index is 898. The summed E-state index contributed by atoms with van der Waals surface area (Å²) in [5, 5.41) is 13.1. The first kappa shape index (κ1) is 18.1. The molecule has 3 aromatic rings. The van der Waals surface area contributed by atoms with E-state index < -0.39 is 0 Å². The van der Waals surface area contributed by atoms with E-state index in [2.05, 4.69) is 46.1 Å². The van der Waals surface area contributed by atoms with Crippen LogP contribution in [0.1, 0.15) is 36.3 Å². The Labute approximate surface area is 167 Å². The minimum Gasteiger partial charge on any atom is -0.302 e. The van der Waals surface area contributed by atoms with E-state index in [1.165, 1.54) is 36.0 Å². The number of fused-ring (bicyclic) bond motifs is 1. The molecular formula is C20H22ClN3S2. The predicted octanol–water partition coefficient (Wildman–Crippen LogP) is 6.10. The molecule has 0 saturated carbocycles. The summed E-state index contributed by atoms with van der Waals surface area (Å²) < 4.78 is 2.25. The molecule has 0 amide bonds. The monoisotopic (exact) mass is 403 g/mol. The topological polar surface area (TPSA) is 30.7 Å². The average molecular weight is 404 g/mol. The van der Waals surface area contributed by atoms with Crippen molar-refractivity contribution in [1.29, 1.82) is 0 Å². The molecular weight excluding hydrogens is 382 g/mol. The molecule has 0 N–H and O–H groups in total. The largest absolute Gasteiger partial charge is 0.302 e. The summed E-state index contributed by atoms with van der Waals surface area (Å²) in [5.74, 6) is 2.69. The van der Waals surface area contributed by atoms with Crippen LogP contribution in [0.15, 0.2) is 34.8 Å². The molecule has 1 aromatic carbocycles. The minimum absolute atomic E-state index is 0.773. The number of rotatable bonds is 5. The van der Waals surface area contributed by atoms with Gasteiger partial charge in [-0.05, 0) is 55.4 Å².